The van der Waals surface area contributed by atoms with Gasteiger partial charge in [-0.15, -0.1) is 0 Å². The van der Waals surface area contributed by atoms with E-state index >= 15 is 0 Å². The summed E-state index contributed by atoms with van der Waals surface area (Å²) in [6, 6.07) is 0.520. The molecule has 1 heterocycles. The maximum atomic E-state index is 12.4. The average molecular weight is 224 g/mol. The average Bonchev–Trinajstić information content (AvgIpc) is 2.71. The lowest BCUT2D eigenvalue weighted by molar-refractivity contribution is -0.141. The van der Waals surface area contributed by atoms with Crippen molar-refractivity contribution in [3.8, 4) is 0 Å². The van der Waals surface area contributed by atoms with Gasteiger partial charge >= 0.3 is 0 Å². The standard InChI is InChI=1S/C13H24N2O/c1-13(2,9-14)12(16)15-8-7-10-5-3-4-6-11(10)15/h10-11H,3-9,14H2,1-2H3. The Labute approximate surface area is 98.4 Å². The van der Waals surface area contributed by atoms with Crippen molar-refractivity contribution in [1.82, 2.24) is 4.90 Å². The fraction of sp³-hybridized carbons (Fsp3) is 0.923. The van der Waals surface area contributed by atoms with Gasteiger partial charge in [0.15, 0.2) is 0 Å². The van der Waals surface area contributed by atoms with E-state index in [1.807, 2.05) is 13.8 Å². The molecule has 0 spiro atoms. The quantitative estimate of drug-likeness (QED) is 0.777. The van der Waals surface area contributed by atoms with Gasteiger partial charge in [-0.05, 0) is 39.0 Å². The van der Waals surface area contributed by atoms with Gasteiger partial charge in [-0.25, -0.2) is 0 Å². The van der Waals surface area contributed by atoms with Crippen LogP contribution in [0.2, 0.25) is 0 Å². The van der Waals surface area contributed by atoms with Crippen molar-refractivity contribution in [2.24, 2.45) is 17.1 Å². The monoisotopic (exact) mass is 224 g/mol. The lowest BCUT2D eigenvalue weighted by Gasteiger charge is -2.36. The second-order valence-corrected chi connectivity index (χ2v) is 5.99. The van der Waals surface area contributed by atoms with Crippen LogP contribution in [0.3, 0.4) is 0 Å². The Hall–Kier alpha value is -0.570. The summed E-state index contributed by atoms with van der Waals surface area (Å²) in [6.45, 7) is 5.33. The summed E-state index contributed by atoms with van der Waals surface area (Å²) in [4.78, 5) is 14.5. The highest BCUT2D eigenvalue weighted by Crippen LogP contribution is 2.37. The summed E-state index contributed by atoms with van der Waals surface area (Å²) in [5.41, 5.74) is 5.31. The van der Waals surface area contributed by atoms with Gasteiger partial charge in [0.25, 0.3) is 0 Å². The Kier molecular flexibility index (Phi) is 3.24. The SMILES string of the molecule is CC(C)(CN)C(=O)N1CCC2CCCCC21. The molecule has 1 saturated heterocycles. The van der Waals surface area contributed by atoms with Gasteiger partial charge in [-0.3, -0.25) is 4.79 Å². The van der Waals surface area contributed by atoms with E-state index in [4.69, 9.17) is 5.73 Å². The Balaban J connectivity index is 2.07. The molecule has 3 heteroatoms. The predicted octanol–water partition coefficient (Wildman–Crippen LogP) is 1.76. The van der Waals surface area contributed by atoms with Crippen molar-refractivity contribution in [1.29, 1.82) is 0 Å². The molecule has 1 aliphatic carbocycles. The Bertz CT molecular complexity index is 275. The Morgan fingerprint density at radius 3 is 2.69 bits per heavy atom. The molecule has 0 aromatic carbocycles. The fourth-order valence-corrected chi connectivity index (χ4v) is 3.13. The second kappa shape index (κ2) is 4.36. The van der Waals surface area contributed by atoms with E-state index < -0.39 is 0 Å². The molecule has 0 aromatic rings. The number of fused-ring (bicyclic) bond motifs is 1. The number of amides is 1. The van der Waals surface area contributed by atoms with Crippen molar-refractivity contribution in [3.63, 3.8) is 0 Å². The van der Waals surface area contributed by atoms with Gasteiger partial charge < -0.3 is 10.6 Å². The molecule has 1 saturated carbocycles. The summed E-state index contributed by atoms with van der Waals surface area (Å²) in [6.07, 6.45) is 6.36. The molecule has 0 bridgehead atoms. The number of hydrogen-bond donors (Lipinski definition) is 1. The summed E-state index contributed by atoms with van der Waals surface area (Å²) in [5.74, 6) is 1.04. The zero-order chi connectivity index (χ0) is 11.8. The first kappa shape index (κ1) is 11.9. The van der Waals surface area contributed by atoms with E-state index in [0.717, 1.165) is 12.5 Å². The first-order valence-electron chi connectivity index (χ1n) is 6.57. The van der Waals surface area contributed by atoms with Gasteiger partial charge in [0.1, 0.15) is 0 Å². The third-order valence-corrected chi connectivity index (χ3v) is 4.36. The second-order valence-electron chi connectivity index (χ2n) is 5.99. The number of hydrogen-bond acceptors (Lipinski definition) is 2. The van der Waals surface area contributed by atoms with E-state index in [1.54, 1.807) is 0 Å². The zero-order valence-corrected chi connectivity index (χ0v) is 10.5. The number of carbonyl (C=O) groups is 1. The van der Waals surface area contributed by atoms with Crippen LogP contribution in [0.4, 0.5) is 0 Å². The number of nitrogens with zero attached hydrogens (tertiary/aromatic N) is 1. The fourth-order valence-electron chi connectivity index (χ4n) is 3.13. The Morgan fingerprint density at radius 1 is 1.31 bits per heavy atom. The molecule has 1 amide bonds. The molecular weight excluding hydrogens is 200 g/mol. The minimum atomic E-state index is -0.383. The van der Waals surface area contributed by atoms with Crippen LogP contribution >= 0.6 is 0 Å². The van der Waals surface area contributed by atoms with Crippen LogP contribution in [-0.2, 0) is 4.79 Å². The van der Waals surface area contributed by atoms with E-state index in [-0.39, 0.29) is 11.3 Å². The summed E-state index contributed by atoms with van der Waals surface area (Å²) in [7, 11) is 0. The molecule has 2 fully saturated rings. The van der Waals surface area contributed by atoms with Crippen molar-refractivity contribution < 1.29 is 4.79 Å². The van der Waals surface area contributed by atoms with Crippen LogP contribution in [0.15, 0.2) is 0 Å². The first-order valence-corrected chi connectivity index (χ1v) is 6.57. The molecule has 0 radical (unpaired) electrons. The highest BCUT2D eigenvalue weighted by atomic mass is 16.2. The van der Waals surface area contributed by atoms with Gasteiger partial charge in [-0.1, -0.05) is 12.8 Å². The topological polar surface area (TPSA) is 46.3 Å². The predicted molar refractivity (Wildman–Crippen MR) is 64.9 cm³/mol. The van der Waals surface area contributed by atoms with Crippen LogP contribution in [0, 0.1) is 11.3 Å². The summed E-state index contributed by atoms with van der Waals surface area (Å²) >= 11 is 0. The molecule has 3 nitrogen and oxygen atoms in total. The minimum Gasteiger partial charge on any atom is -0.339 e. The number of nitrogens with two attached hydrogens (primary N) is 1. The molecule has 16 heavy (non-hydrogen) atoms. The first-order chi connectivity index (χ1) is 7.56. The molecule has 92 valence electrons. The number of likely N-dealkylation sites (tertiary alicyclic amines) is 1. The Morgan fingerprint density at radius 2 is 2.00 bits per heavy atom. The van der Waals surface area contributed by atoms with Crippen molar-refractivity contribution in [2.75, 3.05) is 13.1 Å². The van der Waals surface area contributed by atoms with Gasteiger partial charge in [0.05, 0.1) is 5.41 Å². The number of rotatable bonds is 2. The third-order valence-electron chi connectivity index (χ3n) is 4.36. The molecule has 2 N–H and O–H groups in total. The smallest absolute Gasteiger partial charge is 0.229 e. The molecule has 2 aliphatic rings. The van der Waals surface area contributed by atoms with Crippen LogP contribution < -0.4 is 5.73 Å². The highest BCUT2D eigenvalue weighted by molar-refractivity contribution is 5.82. The summed E-state index contributed by atoms with van der Waals surface area (Å²) < 4.78 is 0. The van der Waals surface area contributed by atoms with Crippen LogP contribution in [0.25, 0.3) is 0 Å². The van der Waals surface area contributed by atoms with Crippen molar-refractivity contribution >= 4 is 5.91 Å². The van der Waals surface area contributed by atoms with E-state index in [2.05, 4.69) is 4.90 Å². The zero-order valence-electron chi connectivity index (χ0n) is 10.5. The van der Waals surface area contributed by atoms with Crippen LogP contribution in [0.1, 0.15) is 46.0 Å². The van der Waals surface area contributed by atoms with Gasteiger partial charge in [0.2, 0.25) is 5.91 Å². The molecule has 1 aliphatic heterocycles. The maximum absolute atomic E-state index is 12.4. The van der Waals surface area contributed by atoms with Gasteiger partial charge in [-0.2, -0.15) is 0 Å². The van der Waals surface area contributed by atoms with E-state index in [1.165, 1.54) is 32.1 Å². The van der Waals surface area contributed by atoms with Gasteiger partial charge in [0, 0.05) is 19.1 Å². The van der Waals surface area contributed by atoms with Crippen LogP contribution in [0.5, 0.6) is 0 Å². The van der Waals surface area contributed by atoms with Crippen molar-refractivity contribution in [2.45, 2.75) is 52.0 Å². The normalized spacial score (nSPS) is 30.3. The lowest BCUT2D eigenvalue weighted by atomic mass is 9.84. The molecular formula is C13H24N2O. The van der Waals surface area contributed by atoms with Crippen LogP contribution in [-0.4, -0.2) is 29.9 Å². The minimum absolute atomic E-state index is 0.268. The summed E-state index contributed by atoms with van der Waals surface area (Å²) in [5, 5.41) is 0. The third kappa shape index (κ3) is 1.97. The van der Waals surface area contributed by atoms with E-state index in [9.17, 15) is 4.79 Å². The van der Waals surface area contributed by atoms with E-state index in [0.29, 0.717) is 12.6 Å². The highest BCUT2D eigenvalue weighted by Gasteiger charge is 2.42. The molecule has 0 aromatic heterocycles. The maximum Gasteiger partial charge on any atom is 0.229 e. The lowest BCUT2D eigenvalue weighted by Crippen LogP contribution is -2.48. The molecule has 2 unspecified atom stereocenters. The largest absolute Gasteiger partial charge is 0.339 e. The van der Waals surface area contributed by atoms with Crippen molar-refractivity contribution in [3.05, 3.63) is 0 Å². The molecule has 2 rings (SSSR count). The number of carbonyl (C=O) groups excluding carboxylic acids is 1. The molecule has 2 atom stereocenters.